The van der Waals surface area contributed by atoms with Gasteiger partial charge in [-0.3, -0.25) is 0 Å². The van der Waals surface area contributed by atoms with Crippen LogP contribution in [-0.2, 0) is 21.9 Å². The second kappa shape index (κ2) is 7.40. The fraction of sp³-hybridized carbons (Fsp3) is 0.200. The van der Waals surface area contributed by atoms with Crippen LogP contribution in [0, 0.1) is 0 Å². The van der Waals surface area contributed by atoms with E-state index >= 15 is 0 Å². The molecule has 0 amide bonds. The van der Waals surface area contributed by atoms with Gasteiger partial charge in [0.15, 0.2) is 0 Å². The second-order valence-corrected chi connectivity index (χ2v) is 5.78. The first-order valence-electron chi connectivity index (χ1n) is 6.11. The Labute approximate surface area is 119 Å². The van der Waals surface area contributed by atoms with Crippen molar-refractivity contribution in [2.75, 3.05) is 0 Å². The molecule has 1 unspecified atom stereocenters. The van der Waals surface area contributed by atoms with Gasteiger partial charge < -0.3 is 0 Å². The minimum atomic E-state index is -2.11. The monoisotopic (exact) mass is 293 g/mol. The van der Waals surface area contributed by atoms with Crippen LogP contribution in [0.3, 0.4) is 0 Å². The van der Waals surface area contributed by atoms with Crippen molar-refractivity contribution in [3.8, 4) is 0 Å². The molecule has 0 N–H and O–H groups in total. The largest absolute Gasteiger partial charge is 0.634 e. The molecule has 0 aliphatic rings. The molecular weight excluding hydrogens is 279 g/mol. The first kappa shape index (κ1) is 14.2. The highest BCUT2D eigenvalue weighted by molar-refractivity contribution is 7.69. The summed E-state index contributed by atoms with van der Waals surface area (Å²) in [6.45, 7) is 0. The van der Waals surface area contributed by atoms with E-state index in [1.165, 1.54) is 0 Å². The third kappa shape index (κ3) is 5.12. The molecule has 0 fully saturated rings. The van der Waals surface area contributed by atoms with Crippen LogP contribution in [0.5, 0.6) is 0 Å². The van der Waals surface area contributed by atoms with Crippen molar-refractivity contribution < 1.29 is 9.09 Å². The zero-order chi connectivity index (χ0) is 13.5. The minimum absolute atomic E-state index is 0.175. The Kier molecular flexibility index (Phi) is 5.53. The van der Waals surface area contributed by atoms with Gasteiger partial charge in [0.2, 0.25) is 11.2 Å². The Bertz CT molecular complexity index is 475. The molecule has 2 rings (SSSR count). The molecule has 4 heteroatoms. The molecule has 2 nitrogen and oxygen atoms in total. The maximum atomic E-state index is 11.1. The highest BCUT2D eigenvalue weighted by atomic mass is 35.7. The standard InChI is InChI=1S/C15H15ClO2P/c16-19(17)18-15(11-13-7-3-1-4-8-13)12-14-9-5-2-6-10-14/h1-10,15H,11-12H2/q+1. The number of benzene rings is 2. The van der Waals surface area contributed by atoms with Gasteiger partial charge in [-0.2, -0.15) is 0 Å². The summed E-state index contributed by atoms with van der Waals surface area (Å²) < 4.78 is 16.5. The molecule has 2 aromatic rings. The van der Waals surface area contributed by atoms with Gasteiger partial charge in [-0.25, -0.2) is 0 Å². The normalized spacial score (nSPS) is 11.6. The molecule has 2 aromatic carbocycles. The highest BCUT2D eigenvalue weighted by Gasteiger charge is 2.23. The molecule has 0 radical (unpaired) electrons. The lowest BCUT2D eigenvalue weighted by molar-refractivity contribution is 0.221. The molecule has 0 heterocycles. The summed E-state index contributed by atoms with van der Waals surface area (Å²) in [5, 5.41) is 0. The Balaban J connectivity index is 2.06. The summed E-state index contributed by atoms with van der Waals surface area (Å²) in [5.41, 5.74) is 2.30. The van der Waals surface area contributed by atoms with Crippen LogP contribution in [0.25, 0.3) is 0 Å². The van der Waals surface area contributed by atoms with Crippen molar-refractivity contribution in [1.29, 1.82) is 0 Å². The molecule has 0 aliphatic heterocycles. The molecule has 0 saturated carbocycles. The molecule has 0 saturated heterocycles. The summed E-state index contributed by atoms with van der Waals surface area (Å²) >= 11 is 5.49. The Morgan fingerprint density at radius 2 is 1.32 bits per heavy atom. The van der Waals surface area contributed by atoms with E-state index in [0.29, 0.717) is 12.8 Å². The van der Waals surface area contributed by atoms with Gasteiger partial charge in [-0.15, -0.1) is 4.52 Å². The third-order valence-electron chi connectivity index (χ3n) is 2.84. The molecule has 0 aliphatic carbocycles. The predicted molar refractivity (Wildman–Crippen MR) is 78.6 cm³/mol. The van der Waals surface area contributed by atoms with Gasteiger partial charge in [-0.1, -0.05) is 60.7 Å². The lowest BCUT2D eigenvalue weighted by Crippen LogP contribution is -2.15. The first-order valence-corrected chi connectivity index (χ1v) is 8.20. The van der Waals surface area contributed by atoms with E-state index in [-0.39, 0.29) is 6.10 Å². The smallest absolute Gasteiger partial charge is 0.127 e. The van der Waals surface area contributed by atoms with E-state index in [1.54, 1.807) is 0 Å². The summed E-state index contributed by atoms with van der Waals surface area (Å²) in [5.74, 6) is 0. The van der Waals surface area contributed by atoms with Crippen LogP contribution in [0.2, 0.25) is 0 Å². The Hall–Kier alpha value is -1.21. The van der Waals surface area contributed by atoms with Gasteiger partial charge in [-0.05, 0) is 15.7 Å². The van der Waals surface area contributed by atoms with Gasteiger partial charge in [0.25, 0.3) is 0 Å². The maximum absolute atomic E-state index is 11.1. The number of halogens is 1. The maximum Gasteiger partial charge on any atom is 0.634 e. The van der Waals surface area contributed by atoms with Crippen LogP contribution in [0.1, 0.15) is 11.1 Å². The van der Waals surface area contributed by atoms with Crippen molar-refractivity contribution in [3.05, 3.63) is 71.8 Å². The SMILES string of the molecule is O=[P+](Cl)OC(Cc1ccccc1)Cc1ccccc1. The first-order chi connectivity index (χ1) is 9.24. The van der Waals surface area contributed by atoms with Gasteiger partial charge in [0, 0.05) is 12.8 Å². The van der Waals surface area contributed by atoms with Crippen molar-refractivity contribution in [3.63, 3.8) is 0 Å². The Morgan fingerprint density at radius 3 is 1.68 bits per heavy atom. The lowest BCUT2D eigenvalue weighted by Gasteiger charge is -2.10. The number of rotatable bonds is 6. The quantitative estimate of drug-likeness (QED) is 0.718. The molecule has 98 valence electrons. The molecule has 0 aromatic heterocycles. The zero-order valence-electron chi connectivity index (χ0n) is 10.4. The van der Waals surface area contributed by atoms with Crippen molar-refractivity contribution in [2.45, 2.75) is 18.9 Å². The fourth-order valence-electron chi connectivity index (χ4n) is 2.02. The molecule has 19 heavy (non-hydrogen) atoms. The van der Waals surface area contributed by atoms with Crippen LogP contribution in [-0.4, -0.2) is 6.10 Å². The van der Waals surface area contributed by atoms with Crippen molar-refractivity contribution >= 4 is 18.6 Å². The third-order valence-corrected chi connectivity index (χ3v) is 3.55. The minimum Gasteiger partial charge on any atom is -0.127 e. The van der Waals surface area contributed by atoms with E-state index in [4.69, 9.17) is 15.8 Å². The zero-order valence-corrected chi connectivity index (χ0v) is 12.1. The van der Waals surface area contributed by atoms with Gasteiger partial charge >= 0.3 is 7.38 Å². The van der Waals surface area contributed by atoms with Crippen LogP contribution >= 0.6 is 18.6 Å². The lowest BCUT2D eigenvalue weighted by atomic mass is 10.0. The van der Waals surface area contributed by atoms with Crippen LogP contribution in [0.15, 0.2) is 60.7 Å². The molecular formula is C15H15ClO2P+. The van der Waals surface area contributed by atoms with Crippen molar-refractivity contribution in [2.24, 2.45) is 0 Å². The Morgan fingerprint density at radius 1 is 0.895 bits per heavy atom. The average molecular weight is 294 g/mol. The summed E-state index contributed by atoms with van der Waals surface area (Å²) in [7, 11) is -2.11. The van der Waals surface area contributed by atoms with E-state index < -0.39 is 7.38 Å². The van der Waals surface area contributed by atoms with E-state index in [2.05, 4.69) is 0 Å². The fourth-order valence-corrected chi connectivity index (χ4v) is 2.74. The van der Waals surface area contributed by atoms with E-state index in [9.17, 15) is 4.57 Å². The molecule has 0 spiro atoms. The average Bonchev–Trinajstić information content (AvgIpc) is 2.40. The highest BCUT2D eigenvalue weighted by Crippen LogP contribution is 2.31. The summed E-state index contributed by atoms with van der Waals surface area (Å²) in [4.78, 5) is 0. The number of hydrogen-bond donors (Lipinski definition) is 0. The van der Waals surface area contributed by atoms with Crippen LogP contribution in [0.4, 0.5) is 0 Å². The second-order valence-electron chi connectivity index (χ2n) is 4.32. The molecule has 0 bridgehead atoms. The van der Waals surface area contributed by atoms with Crippen molar-refractivity contribution in [1.82, 2.24) is 0 Å². The van der Waals surface area contributed by atoms with Gasteiger partial charge in [0.1, 0.15) is 6.10 Å². The van der Waals surface area contributed by atoms with Gasteiger partial charge in [0.05, 0.1) is 0 Å². The van der Waals surface area contributed by atoms with E-state index in [1.807, 2.05) is 60.7 Å². The summed E-state index contributed by atoms with van der Waals surface area (Å²) in [6.07, 6.45) is 1.22. The van der Waals surface area contributed by atoms with Crippen LogP contribution < -0.4 is 0 Å². The molecule has 1 atom stereocenters. The number of hydrogen-bond acceptors (Lipinski definition) is 2. The summed E-state index contributed by atoms with van der Waals surface area (Å²) in [6, 6.07) is 20.0. The van der Waals surface area contributed by atoms with E-state index in [0.717, 1.165) is 11.1 Å². The predicted octanol–water partition coefficient (Wildman–Crippen LogP) is 4.75. The topological polar surface area (TPSA) is 26.3 Å².